The van der Waals surface area contributed by atoms with Crippen molar-refractivity contribution < 1.29 is 9.90 Å². The fourth-order valence-corrected chi connectivity index (χ4v) is 2.29. The summed E-state index contributed by atoms with van der Waals surface area (Å²) in [7, 11) is 0. The summed E-state index contributed by atoms with van der Waals surface area (Å²) in [6.45, 7) is 2.86. The first kappa shape index (κ1) is 11.1. The van der Waals surface area contributed by atoms with Gasteiger partial charge in [0.15, 0.2) is 0 Å². The van der Waals surface area contributed by atoms with E-state index in [-0.39, 0.29) is 0 Å². The molecular formula is C12H13NO2S. The summed E-state index contributed by atoms with van der Waals surface area (Å²) < 4.78 is 2.09. The van der Waals surface area contributed by atoms with Crippen molar-refractivity contribution in [3.63, 3.8) is 0 Å². The van der Waals surface area contributed by atoms with Crippen LogP contribution in [0.1, 0.15) is 23.0 Å². The van der Waals surface area contributed by atoms with Gasteiger partial charge in [-0.25, -0.2) is 4.79 Å². The quantitative estimate of drug-likeness (QED) is 0.803. The Labute approximate surface area is 99.1 Å². The van der Waals surface area contributed by atoms with E-state index in [0.717, 1.165) is 23.1 Å². The van der Waals surface area contributed by atoms with Crippen LogP contribution in [0, 0.1) is 0 Å². The average Bonchev–Trinajstić information content (AvgIpc) is 2.65. The van der Waals surface area contributed by atoms with E-state index in [9.17, 15) is 4.79 Å². The van der Waals surface area contributed by atoms with E-state index in [1.54, 1.807) is 12.1 Å². The number of thiol groups is 1. The molecular weight excluding hydrogens is 222 g/mol. The molecule has 0 spiro atoms. The zero-order chi connectivity index (χ0) is 11.7. The van der Waals surface area contributed by atoms with Gasteiger partial charge in [-0.1, -0.05) is 6.07 Å². The van der Waals surface area contributed by atoms with Crippen LogP contribution in [0.3, 0.4) is 0 Å². The van der Waals surface area contributed by atoms with E-state index in [2.05, 4.69) is 17.2 Å². The van der Waals surface area contributed by atoms with E-state index in [1.807, 2.05) is 19.1 Å². The summed E-state index contributed by atoms with van der Waals surface area (Å²) in [6, 6.07) is 7.26. The van der Waals surface area contributed by atoms with Crippen molar-refractivity contribution in [2.75, 3.05) is 0 Å². The third kappa shape index (κ3) is 1.59. The van der Waals surface area contributed by atoms with E-state index < -0.39 is 5.97 Å². The Morgan fingerprint density at radius 3 is 2.81 bits per heavy atom. The Balaban J connectivity index is 2.80. The van der Waals surface area contributed by atoms with E-state index in [4.69, 9.17) is 5.11 Å². The standard InChI is InChI=1S/C12H13NO2S/c1-2-13-8(7-16)6-10-9(12(14)15)4-3-5-11(10)13/h3-6,16H,2,7H2,1H3,(H,14,15). The number of fused-ring (bicyclic) bond motifs is 1. The second-order valence-corrected chi connectivity index (χ2v) is 3.90. The zero-order valence-electron chi connectivity index (χ0n) is 8.97. The Kier molecular flexibility index (Phi) is 2.92. The second-order valence-electron chi connectivity index (χ2n) is 3.58. The molecule has 1 aromatic heterocycles. The Hall–Kier alpha value is -1.42. The Morgan fingerprint density at radius 1 is 1.50 bits per heavy atom. The van der Waals surface area contributed by atoms with Gasteiger partial charge in [0, 0.05) is 28.9 Å². The first-order valence-electron chi connectivity index (χ1n) is 5.14. The molecule has 0 atom stereocenters. The lowest BCUT2D eigenvalue weighted by atomic mass is 10.1. The maximum Gasteiger partial charge on any atom is 0.336 e. The number of benzene rings is 1. The van der Waals surface area contributed by atoms with Crippen molar-refractivity contribution in [1.82, 2.24) is 4.57 Å². The highest BCUT2D eigenvalue weighted by Gasteiger charge is 2.13. The molecule has 0 aliphatic carbocycles. The number of aromatic nitrogens is 1. The third-order valence-corrected chi connectivity index (χ3v) is 3.06. The topological polar surface area (TPSA) is 42.2 Å². The van der Waals surface area contributed by atoms with E-state index in [0.29, 0.717) is 11.3 Å². The molecule has 2 rings (SSSR count). The smallest absolute Gasteiger partial charge is 0.336 e. The molecule has 1 N–H and O–H groups in total. The first-order chi connectivity index (χ1) is 7.69. The van der Waals surface area contributed by atoms with E-state index >= 15 is 0 Å². The Morgan fingerprint density at radius 2 is 2.25 bits per heavy atom. The summed E-state index contributed by atoms with van der Waals surface area (Å²) in [4.78, 5) is 11.1. The minimum atomic E-state index is -0.885. The van der Waals surface area contributed by atoms with Gasteiger partial charge in [-0.2, -0.15) is 12.6 Å². The summed E-state index contributed by atoms with van der Waals surface area (Å²) in [5.41, 5.74) is 2.37. The number of carboxylic acids is 1. The van der Waals surface area contributed by atoms with Crippen LogP contribution in [-0.4, -0.2) is 15.6 Å². The number of carbonyl (C=O) groups is 1. The van der Waals surface area contributed by atoms with Gasteiger partial charge < -0.3 is 9.67 Å². The Bertz CT molecular complexity index is 545. The maximum atomic E-state index is 11.1. The zero-order valence-corrected chi connectivity index (χ0v) is 9.87. The highest BCUT2D eigenvalue weighted by atomic mass is 32.1. The number of rotatable bonds is 3. The predicted molar refractivity (Wildman–Crippen MR) is 67.3 cm³/mol. The fourth-order valence-electron chi connectivity index (χ4n) is 2.03. The molecule has 84 valence electrons. The van der Waals surface area contributed by atoms with Crippen LogP contribution in [0.25, 0.3) is 10.9 Å². The molecule has 0 radical (unpaired) electrons. The summed E-state index contributed by atoms with van der Waals surface area (Å²) >= 11 is 4.26. The molecule has 0 fully saturated rings. The van der Waals surface area contributed by atoms with E-state index in [1.165, 1.54) is 0 Å². The van der Waals surface area contributed by atoms with Gasteiger partial charge in [0.05, 0.1) is 5.56 Å². The van der Waals surface area contributed by atoms with Crippen molar-refractivity contribution >= 4 is 29.5 Å². The fraction of sp³-hybridized carbons (Fsp3) is 0.250. The number of nitrogens with zero attached hydrogens (tertiary/aromatic N) is 1. The first-order valence-corrected chi connectivity index (χ1v) is 5.77. The van der Waals surface area contributed by atoms with Crippen molar-refractivity contribution in [2.24, 2.45) is 0 Å². The van der Waals surface area contributed by atoms with Gasteiger partial charge in [-0.05, 0) is 25.1 Å². The highest BCUT2D eigenvalue weighted by Crippen LogP contribution is 2.24. The van der Waals surface area contributed by atoms with Gasteiger partial charge >= 0.3 is 5.97 Å². The minimum absolute atomic E-state index is 0.354. The largest absolute Gasteiger partial charge is 0.478 e. The van der Waals surface area contributed by atoms with Crippen LogP contribution >= 0.6 is 12.6 Å². The molecule has 0 aliphatic rings. The lowest BCUT2D eigenvalue weighted by Crippen LogP contribution is -1.99. The third-order valence-electron chi connectivity index (χ3n) is 2.74. The van der Waals surface area contributed by atoms with Gasteiger partial charge in [0.25, 0.3) is 0 Å². The minimum Gasteiger partial charge on any atom is -0.478 e. The molecule has 1 aromatic carbocycles. The number of hydrogen-bond acceptors (Lipinski definition) is 2. The molecule has 2 aromatic rings. The molecule has 0 amide bonds. The van der Waals surface area contributed by atoms with Gasteiger partial charge in [-0.3, -0.25) is 0 Å². The van der Waals surface area contributed by atoms with Crippen LogP contribution in [-0.2, 0) is 12.3 Å². The number of aromatic carboxylic acids is 1. The van der Waals surface area contributed by atoms with Crippen molar-refractivity contribution in [3.8, 4) is 0 Å². The summed E-state index contributed by atoms with van der Waals surface area (Å²) in [6.07, 6.45) is 0. The number of hydrogen-bond donors (Lipinski definition) is 2. The lowest BCUT2D eigenvalue weighted by molar-refractivity contribution is 0.0699. The summed E-state index contributed by atoms with van der Waals surface area (Å²) in [5.74, 6) is -0.272. The molecule has 0 aliphatic heterocycles. The van der Waals surface area contributed by atoms with Crippen molar-refractivity contribution in [1.29, 1.82) is 0 Å². The predicted octanol–water partition coefficient (Wildman–Crippen LogP) is 2.79. The van der Waals surface area contributed by atoms with Crippen molar-refractivity contribution in [3.05, 3.63) is 35.5 Å². The molecule has 0 bridgehead atoms. The van der Waals surface area contributed by atoms with Gasteiger partial charge in [0.2, 0.25) is 0 Å². The molecule has 4 heteroatoms. The summed E-state index contributed by atoms with van der Waals surface area (Å²) in [5, 5.41) is 9.89. The highest BCUT2D eigenvalue weighted by molar-refractivity contribution is 7.79. The van der Waals surface area contributed by atoms with Crippen LogP contribution in [0.2, 0.25) is 0 Å². The van der Waals surface area contributed by atoms with Crippen LogP contribution in [0.4, 0.5) is 0 Å². The van der Waals surface area contributed by atoms with Crippen LogP contribution in [0.15, 0.2) is 24.3 Å². The lowest BCUT2D eigenvalue weighted by Gasteiger charge is -2.05. The normalized spacial score (nSPS) is 10.9. The second kappa shape index (κ2) is 4.22. The van der Waals surface area contributed by atoms with Crippen molar-refractivity contribution in [2.45, 2.75) is 19.2 Å². The van der Waals surface area contributed by atoms with Gasteiger partial charge in [-0.15, -0.1) is 0 Å². The SMILES string of the molecule is CCn1c(CS)cc2c(C(=O)O)cccc21. The molecule has 16 heavy (non-hydrogen) atoms. The molecule has 0 saturated heterocycles. The molecule has 3 nitrogen and oxygen atoms in total. The number of aryl methyl sites for hydroxylation is 1. The van der Waals surface area contributed by atoms with Gasteiger partial charge in [0.1, 0.15) is 0 Å². The number of carboxylic acid groups (broad SMARTS) is 1. The molecule has 0 unspecified atom stereocenters. The van der Waals surface area contributed by atoms with Crippen LogP contribution < -0.4 is 0 Å². The molecule has 1 heterocycles. The molecule has 0 saturated carbocycles. The average molecular weight is 235 g/mol. The maximum absolute atomic E-state index is 11.1. The van der Waals surface area contributed by atoms with Crippen LogP contribution in [0.5, 0.6) is 0 Å². The monoisotopic (exact) mass is 235 g/mol.